The minimum Gasteiger partial charge on any atom is -0.484 e. The Kier molecular flexibility index (Phi) is 8.82. The summed E-state index contributed by atoms with van der Waals surface area (Å²) in [6.07, 6.45) is 1.26. The number of benzene rings is 1. The van der Waals surface area contributed by atoms with Crippen molar-refractivity contribution in [3.05, 3.63) is 41.1 Å². The summed E-state index contributed by atoms with van der Waals surface area (Å²) >= 11 is 5.87. The fraction of sp³-hybridized carbons (Fsp3) is 0.440. The molecule has 13 nitrogen and oxygen atoms in total. The summed E-state index contributed by atoms with van der Waals surface area (Å²) in [5.74, 6) is 0.518. The van der Waals surface area contributed by atoms with Crippen LogP contribution in [-0.2, 0) is 29.2 Å². The van der Waals surface area contributed by atoms with Gasteiger partial charge < -0.3 is 30.7 Å². The molecule has 4 rings (SSSR count). The Morgan fingerprint density at radius 2 is 1.92 bits per heavy atom. The van der Waals surface area contributed by atoms with E-state index in [2.05, 4.69) is 15.3 Å². The van der Waals surface area contributed by atoms with Gasteiger partial charge in [-0.15, -0.1) is 0 Å². The molecule has 4 N–H and O–H groups in total. The van der Waals surface area contributed by atoms with Gasteiger partial charge in [-0.25, -0.2) is 19.1 Å². The van der Waals surface area contributed by atoms with Crippen molar-refractivity contribution in [3.63, 3.8) is 0 Å². The SMILES string of the molecule is CC[n+]1c(CNC(=O)c2nc(Cl)cnc2N)n(CCO)c2cc(OCC(=O)N3CCN(C(C)=O)CC3)ccc21. The Hall–Kier alpha value is -3.97. The van der Waals surface area contributed by atoms with E-state index in [0.717, 1.165) is 16.9 Å². The highest BCUT2D eigenvalue weighted by atomic mass is 35.5. The third kappa shape index (κ3) is 6.20. The van der Waals surface area contributed by atoms with Crippen molar-refractivity contribution in [1.29, 1.82) is 0 Å². The molecule has 0 aliphatic carbocycles. The number of amides is 3. The molecule has 1 aliphatic rings. The third-order valence-electron chi connectivity index (χ3n) is 6.62. The number of nitrogens with zero attached hydrogens (tertiary/aromatic N) is 6. The lowest BCUT2D eigenvalue weighted by atomic mass is 10.3. The van der Waals surface area contributed by atoms with Gasteiger partial charge in [0.15, 0.2) is 29.2 Å². The molecule has 39 heavy (non-hydrogen) atoms. The van der Waals surface area contributed by atoms with Crippen molar-refractivity contribution in [1.82, 2.24) is 29.7 Å². The molecule has 208 valence electrons. The van der Waals surface area contributed by atoms with E-state index in [-0.39, 0.29) is 54.8 Å². The first-order valence-electron chi connectivity index (χ1n) is 12.6. The second-order valence-corrected chi connectivity index (χ2v) is 9.36. The Morgan fingerprint density at radius 3 is 2.59 bits per heavy atom. The highest BCUT2D eigenvalue weighted by Crippen LogP contribution is 2.22. The van der Waals surface area contributed by atoms with E-state index in [4.69, 9.17) is 22.1 Å². The zero-order chi connectivity index (χ0) is 28.1. The number of carbonyl (C=O) groups excluding carboxylic acids is 3. The second-order valence-electron chi connectivity index (χ2n) is 8.97. The number of ether oxygens (including phenoxy) is 1. The lowest BCUT2D eigenvalue weighted by molar-refractivity contribution is -0.676. The van der Waals surface area contributed by atoms with E-state index in [1.807, 2.05) is 28.2 Å². The van der Waals surface area contributed by atoms with Crippen LogP contribution in [0.25, 0.3) is 11.0 Å². The van der Waals surface area contributed by atoms with Gasteiger partial charge in [0.05, 0.1) is 19.3 Å². The number of anilines is 1. The number of rotatable bonds is 9. The van der Waals surface area contributed by atoms with Gasteiger partial charge in [0.1, 0.15) is 24.0 Å². The van der Waals surface area contributed by atoms with E-state index in [1.54, 1.807) is 15.9 Å². The molecule has 0 bridgehead atoms. The first-order chi connectivity index (χ1) is 18.7. The van der Waals surface area contributed by atoms with E-state index < -0.39 is 5.91 Å². The molecule has 0 atom stereocenters. The number of aryl methyl sites for hydroxylation is 1. The number of piperazine rings is 1. The molecule has 0 spiro atoms. The monoisotopic (exact) mass is 559 g/mol. The summed E-state index contributed by atoms with van der Waals surface area (Å²) in [5, 5.41) is 12.6. The maximum Gasteiger partial charge on any atom is 0.277 e. The molecule has 14 heteroatoms. The van der Waals surface area contributed by atoms with Crippen molar-refractivity contribution in [2.45, 2.75) is 33.5 Å². The average molecular weight is 560 g/mol. The molecule has 1 saturated heterocycles. The molecule has 3 heterocycles. The van der Waals surface area contributed by atoms with Crippen LogP contribution in [0.1, 0.15) is 30.2 Å². The number of nitrogen functional groups attached to an aromatic ring is 1. The summed E-state index contributed by atoms with van der Waals surface area (Å²) in [5.41, 5.74) is 7.37. The summed E-state index contributed by atoms with van der Waals surface area (Å²) < 4.78 is 9.74. The summed E-state index contributed by atoms with van der Waals surface area (Å²) in [4.78, 5) is 48.2. The molecule has 0 radical (unpaired) electrons. The molecular weight excluding hydrogens is 528 g/mol. The van der Waals surface area contributed by atoms with Crippen LogP contribution >= 0.6 is 11.6 Å². The predicted octanol–water partition coefficient (Wildman–Crippen LogP) is -0.0339. The van der Waals surface area contributed by atoms with Gasteiger partial charge in [-0.2, -0.15) is 0 Å². The average Bonchev–Trinajstić information content (AvgIpc) is 3.23. The summed E-state index contributed by atoms with van der Waals surface area (Å²) in [7, 11) is 0. The van der Waals surface area contributed by atoms with Crippen molar-refractivity contribution in [2.24, 2.45) is 0 Å². The molecule has 0 unspecified atom stereocenters. The summed E-state index contributed by atoms with van der Waals surface area (Å²) in [6, 6.07) is 5.47. The zero-order valence-electron chi connectivity index (χ0n) is 21.9. The largest absolute Gasteiger partial charge is 0.484 e. The first-order valence-corrected chi connectivity index (χ1v) is 13.0. The number of aliphatic hydroxyl groups is 1. The Bertz CT molecular complexity index is 1390. The normalized spacial score (nSPS) is 13.5. The Morgan fingerprint density at radius 1 is 1.21 bits per heavy atom. The van der Waals surface area contributed by atoms with Crippen molar-refractivity contribution < 1.29 is 28.8 Å². The minimum absolute atomic E-state index is 0.00283. The van der Waals surface area contributed by atoms with E-state index >= 15 is 0 Å². The molecule has 0 saturated carbocycles. The standard InChI is InChI=1S/C25H31ClN8O5/c1-3-33-18-5-4-17(39-15-22(37)32-8-6-31(7-9-32)16(2)36)12-19(18)34(10-11-35)21(33)14-29-25(38)23-24(27)28-13-20(26)30-23/h4-5,12-13,35H,3,6-11,14-15H2,1-2H3,(H2-,27,28,29,38)/p+1. The Labute approximate surface area is 230 Å². The van der Waals surface area contributed by atoms with Gasteiger partial charge in [0, 0.05) is 39.2 Å². The van der Waals surface area contributed by atoms with Crippen molar-refractivity contribution >= 4 is 46.2 Å². The number of nitrogens with two attached hydrogens (primary N) is 1. The minimum atomic E-state index is -0.530. The van der Waals surface area contributed by atoms with Crippen LogP contribution in [0.5, 0.6) is 5.75 Å². The van der Waals surface area contributed by atoms with E-state index in [1.165, 1.54) is 13.1 Å². The molecule has 3 amide bonds. The maximum absolute atomic E-state index is 12.8. The maximum atomic E-state index is 12.8. The van der Waals surface area contributed by atoms with Crippen LogP contribution in [0.4, 0.5) is 5.82 Å². The van der Waals surface area contributed by atoms with Gasteiger partial charge in [-0.1, -0.05) is 11.6 Å². The van der Waals surface area contributed by atoms with Crippen molar-refractivity contribution in [3.8, 4) is 5.75 Å². The smallest absolute Gasteiger partial charge is 0.277 e. The predicted molar refractivity (Wildman–Crippen MR) is 142 cm³/mol. The highest BCUT2D eigenvalue weighted by molar-refractivity contribution is 6.29. The third-order valence-corrected chi connectivity index (χ3v) is 6.81. The molecule has 1 fully saturated rings. The van der Waals surface area contributed by atoms with Crippen LogP contribution in [0.2, 0.25) is 5.15 Å². The fourth-order valence-corrected chi connectivity index (χ4v) is 4.78. The number of imidazole rings is 1. The number of hydrogen-bond acceptors (Lipinski definition) is 8. The van der Waals surface area contributed by atoms with Gasteiger partial charge in [-0.05, 0) is 19.1 Å². The molecule has 3 aromatic rings. The summed E-state index contributed by atoms with van der Waals surface area (Å²) in [6.45, 7) is 6.19. The van der Waals surface area contributed by atoms with E-state index in [9.17, 15) is 19.5 Å². The van der Waals surface area contributed by atoms with Gasteiger partial charge in [0.2, 0.25) is 5.91 Å². The lowest BCUT2D eigenvalue weighted by Gasteiger charge is -2.34. The number of aromatic nitrogens is 4. The van der Waals surface area contributed by atoms with Crippen molar-refractivity contribution in [2.75, 3.05) is 45.1 Å². The van der Waals surface area contributed by atoms with Crippen LogP contribution < -0.4 is 20.4 Å². The van der Waals surface area contributed by atoms with E-state index in [0.29, 0.717) is 38.5 Å². The topological polar surface area (TPSA) is 160 Å². The molecular formula is C25H32ClN8O5+. The quantitative estimate of drug-likeness (QED) is 0.308. The highest BCUT2D eigenvalue weighted by Gasteiger charge is 2.27. The van der Waals surface area contributed by atoms with Crippen LogP contribution in [0, 0.1) is 0 Å². The number of hydrogen-bond donors (Lipinski definition) is 3. The molecule has 1 aromatic carbocycles. The van der Waals surface area contributed by atoms with Gasteiger partial charge in [-0.3, -0.25) is 14.4 Å². The number of nitrogens with one attached hydrogen (secondary N) is 1. The number of halogens is 1. The Balaban J connectivity index is 1.51. The molecule has 2 aromatic heterocycles. The van der Waals surface area contributed by atoms with Crippen LogP contribution in [0.3, 0.4) is 0 Å². The zero-order valence-corrected chi connectivity index (χ0v) is 22.6. The van der Waals surface area contributed by atoms with Crippen LogP contribution in [0.15, 0.2) is 24.4 Å². The first kappa shape index (κ1) is 28.0. The van der Waals surface area contributed by atoms with Gasteiger partial charge in [0.25, 0.3) is 17.6 Å². The number of fused-ring (bicyclic) bond motifs is 1. The molecule has 1 aliphatic heterocycles. The van der Waals surface area contributed by atoms with Crippen LogP contribution in [-0.4, -0.2) is 86.6 Å². The fourth-order valence-electron chi connectivity index (χ4n) is 4.65. The number of carbonyl (C=O) groups is 3. The lowest BCUT2D eigenvalue weighted by Crippen LogP contribution is -2.51. The number of aliphatic hydroxyl groups excluding tert-OH is 1. The van der Waals surface area contributed by atoms with Gasteiger partial charge >= 0.3 is 0 Å². The second kappa shape index (κ2) is 12.3.